The van der Waals surface area contributed by atoms with E-state index in [0.29, 0.717) is 24.2 Å². The minimum absolute atomic E-state index is 0.234. The Balaban J connectivity index is 1.75. The van der Waals surface area contributed by atoms with E-state index >= 15 is 0 Å². The Hall–Kier alpha value is -2.78. The number of aliphatic hydroxyl groups excluding tert-OH is 1. The molecule has 1 aromatic carbocycles. The third-order valence-corrected chi connectivity index (χ3v) is 7.08. The van der Waals surface area contributed by atoms with E-state index < -0.39 is 53.3 Å². The Bertz CT molecular complexity index is 938. The average Bonchev–Trinajstić information content (AvgIpc) is 3.24. The summed E-state index contributed by atoms with van der Waals surface area (Å²) in [6.45, 7) is 2.61. The molecule has 9 heteroatoms. The predicted molar refractivity (Wildman–Crippen MR) is 111 cm³/mol. The summed E-state index contributed by atoms with van der Waals surface area (Å²) in [6.07, 6.45) is 2.88. The molecule has 2 heterocycles. The Morgan fingerprint density at radius 1 is 1.12 bits per heavy atom. The number of aliphatic hydroxyl groups is 1. The van der Waals surface area contributed by atoms with Gasteiger partial charge in [-0.2, -0.15) is 0 Å². The van der Waals surface area contributed by atoms with Crippen LogP contribution in [0.3, 0.4) is 0 Å². The highest BCUT2D eigenvalue weighted by Crippen LogP contribution is 2.51. The number of benzene rings is 1. The lowest BCUT2D eigenvalue weighted by molar-refractivity contribution is -0.157. The number of rotatable bonds is 5. The second kappa shape index (κ2) is 8.29. The fraction of sp³-hybridized carbons (Fsp3) is 0.565. The van der Waals surface area contributed by atoms with Gasteiger partial charge in [0.25, 0.3) is 0 Å². The van der Waals surface area contributed by atoms with Crippen molar-refractivity contribution in [2.45, 2.75) is 69.7 Å². The maximum Gasteiger partial charge on any atom is 0.327 e. The lowest BCUT2D eigenvalue weighted by atomic mass is 9.76. The van der Waals surface area contributed by atoms with Crippen molar-refractivity contribution in [2.24, 2.45) is 11.8 Å². The number of hydrogen-bond donors (Lipinski definition) is 3. The zero-order valence-electron chi connectivity index (χ0n) is 18.1. The van der Waals surface area contributed by atoms with Crippen LogP contribution in [0.4, 0.5) is 0 Å². The Morgan fingerprint density at radius 2 is 1.75 bits per heavy atom. The first-order chi connectivity index (χ1) is 15.2. The van der Waals surface area contributed by atoms with Gasteiger partial charge in [0.15, 0.2) is 5.54 Å². The molecule has 2 aliphatic heterocycles. The van der Waals surface area contributed by atoms with Crippen LogP contribution in [0.25, 0.3) is 0 Å². The van der Waals surface area contributed by atoms with Gasteiger partial charge in [-0.05, 0) is 37.5 Å². The highest BCUT2D eigenvalue weighted by atomic mass is 16.5. The van der Waals surface area contributed by atoms with Crippen LogP contribution in [0.2, 0.25) is 0 Å². The van der Waals surface area contributed by atoms with Gasteiger partial charge in [0.1, 0.15) is 5.75 Å². The summed E-state index contributed by atoms with van der Waals surface area (Å²) in [7, 11) is 0. The van der Waals surface area contributed by atoms with Crippen LogP contribution < -0.4 is 10.1 Å². The van der Waals surface area contributed by atoms with Crippen molar-refractivity contribution in [1.82, 2.24) is 10.2 Å². The standard InChI is InChI=1S/C23H28N2O7/c1-12(26)23(22(30)31)18-17(20(28)25(21(18)29)15-6-4-3-5-7-15)19(24-23)14-8-10-16(11-9-14)32-13(2)27/h8-12,15,17-19,24,26H,3-7H2,1-2H3,(H,30,31). The van der Waals surface area contributed by atoms with E-state index in [-0.39, 0.29) is 6.04 Å². The number of carbonyl (C=O) groups excluding carboxylic acids is 3. The molecule has 1 saturated carbocycles. The minimum atomic E-state index is -1.99. The van der Waals surface area contributed by atoms with Gasteiger partial charge in [0.05, 0.1) is 17.9 Å². The number of carboxylic acids is 1. The van der Waals surface area contributed by atoms with E-state index in [1.165, 1.54) is 18.7 Å². The molecule has 3 aliphatic rings. The van der Waals surface area contributed by atoms with Gasteiger partial charge in [-0.3, -0.25) is 29.4 Å². The molecule has 0 bridgehead atoms. The van der Waals surface area contributed by atoms with Crippen LogP contribution in [0.1, 0.15) is 57.6 Å². The third kappa shape index (κ3) is 3.40. The van der Waals surface area contributed by atoms with Crippen molar-refractivity contribution < 1.29 is 34.1 Å². The summed E-state index contributed by atoms with van der Waals surface area (Å²) in [5.41, 5.74) is -1.41. The van der Waals surface area contributed by atoms with Crippen molar-refractivity contribution in [2.75, 3.05) is 0 Å². The van der Waals surface area contributed by atoms with E-state index in [9.17, 15) is 29.4 Å². The molecule has 0 aromatic heterocycles. The van der Waals surface area contributed by atoms with Gasteiger partial charge in [-0.25, -0.2) is 0 Å². The molecule has 4 rings (SSSR count). The third-order valence-electron chi connectivity index (χ3n) is 7.08. The molecule has 172 valence electrons. The fourth-order valence-electron chi connectivity index (χ4n) is 5.62. The summed E-state index contributed by atoms with van der Waals surface area (Å²) in [5.74, 6) is -4.61. The maximum atomic E-state index is 13.5. The molecule has 0 spiro atoms. The molecule has 2 amide bonds. The molecular formula is C23H28N2O7. The minimum Gasteiger partial charge on any atom is -0.480 e. The summed E-state index contributed by atoms with van der Waals surface area (Å²) < 4.78 is 5.05. The Kier molecular flexibility index (Phi) is 5.81. The lowest BCUT2D eigenvalue weighted by Gasteiger charge is -2.36. The summed E-state index contributed by atoms with van der Waals surface area (Å²) in [6, 6.07) is 5.35. The number of fused-ring (bicyclic) bond motifs is 1. The second-order valence-corrected chi connectivity index (χ2v) is 8.98. The second-order valence-electron chi connectivity index (χ2n) is 8.98. The number of carbonyl (C=O) groups is 4. The molecule has 3 N–H and O–H groups in total. The van der Waals surface area contributed by atoms with Crippen LogP contribution in [-0.4, -0.2) is 56.6 Å². The molecule has 5 atom stereocenters. The number of aliphatic carboxylic acids is 1. The van der Waals surface area contributed by atoms with Gasteiger partial charge in [-0.15, -0.1) is 0 Å². The number of carboxylic acid groups (broad SMARTS) is 1. The fourth-order valence-corrected chi connectivity index (χ4v) is 5.62. The van der Waals surface area contributed by atoms with E-state index in [2.05, 4.69) is 5.32 Å². The summed E-state index contributed by atoms with van der Waals surface area (Å²) in [4.78, 5) is 51.9. The first kappa shape index (κ1) is 22.4. The molecule has 2 saturated heterocycles. The predicted octanol–water partition coefficient (Wildman–Crippen LogP) is 1.39. The number of hydrogen-bond acceptors (Lipinski definition) is 7. The highest BCUT2D eigenvalue weighted by Gasteiger charge is 2.70. The van der Waals surface area contributed by atoms with Crippen LogP contribution in [0.15, 0.2) is 24.3 Å². The van der Waals surface area contributed by atoms with Gasteiger partial charge >= 0.3 is 11.9 Å². The monoisotopic (exact) mass is 444 g/mol. The number of nitrogens with one attached hydrogen (secondary N) is 1. The van der Waals surface area contributed by atoms with E-state index in [1.807, 2.05) is 0 Å². The van der Waals surface area contributed by atoms with Crippen LogP contribution in [0.5, 0.6) is 5.75 Å². The molecular weight excluding hydrogens is 416 g/mol. The van der Waals surface area contributed by atoms with Crippen LogP contribution in [0, 0.1) is 11.8 Å². The molecule has 1 aliphatic carbocycles. The van der Waals surface area contributed by atoms with Crippen molar-refractivity contribution in [1.29, 1.82) is 0 Å². The zero-order valence-corrected chi connectivity index (χ0v) is 18.1. The van der Waals surface area contributed by atoms with E-state index in [0.717, 1.165) is 19.3 Å². The van der Waals surface area contributed by atoms with Crippen molar-refractivity contribution >= 4 is 23.8 Å². The number of nitrogens with zero attached hydrogens (tertiary/aromatic N) is 1. The smallest absolute Gasteiger partial charge is 0.327 e. The van der Waals surface area contributed by atoms with Crippen molar-refractivity contribution in [3.8, 4) is 5.75 Å². The number of amides is 2. The van der Waals surface area contributed by atoms with Gasteiger partial charge < -0.3 is 14.9 Å². The summed E-state index contributed by atoms with van der Waals surface area (Å²) in [5, 5.41) is 23.6. The van der Waals surface area contributed by atoms with Gasteiger partial charge in [-0.1, -0.05) is 31.4 Å². The van der Waals surface area contributed by atoms with E-state index in [1.54, 1.807) is 24.3 Å². The topological polar surface area (TPSA) is 133 Å². The zero-order chi connectivity index (χ0) is 23.2. The first-order valence-corrected chi connectivity index (χ1v) is 11.0. The van der Waals surface area contributed by atoms with Crippen molar-refractivity contribution in [3.63, 3.8) is 0 Å². The largest absolute Gasteiger partial charge is 0.480 e. The SMILES string of the molecule is CC(=O)Oc1ccc(C2NC(C(=O)O)(C(C)O)C3C(=O)N(C4CCCCC4)C(=O)C23)cc1. The van der Waals surface area contributed by atoms with Gasteiger partial charge in [0.2, 0.25) is 11.8 Å². The number of imide groups is 1. The number of esters is 1. The lowest BCUT2D eigenvalue weighted by Crippen LogP contribution is -2.62. The molecule has 1 aromatic rings. The van der Waals surface area contributed by atoms with Crippen molar-refractivity contribution in [3.05, 3.63) is 29.8 Å². The molecule has 32 heavy (non-hydrogen) atoms. The summed E-state index contributed by atoms with van der Waals surface area (Å²) >= 11 is 0. The van der Waals surface area contributed by atoms with Crippen LogP contribution >= 0.6 is 0 Å². The molecule has 3 fully saturated rings. The quantitative estimate of drug-likeness (QED) is 0.353. The Morgan fingerprint density at radius 3 is 2.28 bits per heavy atom. The number of likely N-dealkylation sites (tertiary alicyclic amines) is 1. The molecule has 9 nitrogen and oxygen atoms in total. The van der Waals surface area contributed by atoms with Gasteiger partial charge in [0, 0.05) is 19.0 Å². The number of ether oxygens (including phenoxy) is 1. The van der Waals surface area contributed by atoms with Crippen LogP contribution in [-0.2, 0) is 19.2 Å². The molecule has 0 radical (unpaired) electrons. The maximum absolute atomic E-state index is 13.5. The Labute approximate surface area is 185 Å². The first-order valence-electron chi connectivity index (χ1n) is 11.0. The highest BCUT2D eigenvalue weighted by molar-refractivity contribution is 6.10. The normalized spacial score (nSPS) is 31.5. The van der Waals surface area contributed by atoms with E-state index in [4.69, 9.17) is 4.74 Å². The molecule has 5 unspecified atom stereocenters. The average molecular weight is 444 g/mol.